The van der Waals surface area contributed by atoms with Crippen molar-refractivity contribution in [1.29, 1.82) is 0 Å². The lowest BCUT2D eigenvalue weighted by molar-refractivity contribution is 0.622. The van der Waals surface area contributed by atoms with E-state index in [0.717, 1.165) is 29.9 Å². The summed E-state index contributed by atoms with van der Waals surface area (Å²) in [6.45, 7) is 2.76. The molecule has 4 heteroatoms. The standard InChI is InChI=1S/C14H18FN3/c1-3-4-14-17-7-8-18(14)13-6-5-12(15)9-11(13)10-16-2/h5-9,16H,3-4,10H2,1-2H3. The number of aromatic nitrogens is 2. The molecule has 1 N–H and O–H groups in total. The van der Waals surface area contributed by atoms with E-state index in [1.54, 1.807) is 12.3 Å². The molecule has 0 aliphatic rings. The fraction of sp³-hybridized carbons (Fsp3) is 0.357. The van der Waals surface area contributed by atoms with Gasteiger partial charge in [-0.3, -0.25) is 0 Å². The fourth-order valence-electron chi connectivity index (χ4n) is 2.08. The number of imidazole rings is 1. The van der Waals surface area contributed by atoms with E-state index in [1.165, 1.54) is 6.07 Å². The lowest BCUT2D eigenvalue weighted by Gasteiger charge is -2.13. The maximum absolute atomic E-state index is 13.3. The lowest BCUT2D eigenvalue weighted by Crippen LogP contribution is -2.10. The van der Waals surface area contributed by atoms with Gasteiger partial charge in [0, 0.05) is 25.4 Å². The number of nitrogens with zero attached hydrogens (tertiary/aromatic N) is 2. The molecule has 18 heavy (non-hydrogen) atoms. The van der Waals surface area contributed by atoms with Crippen molar-refractivity contribution in [3.05, 3.63) is 47.8 Å². The smallest absolute Gasteiger partial charge is 0.123 e. The highest BCUT2D eigenvalue weighted by Gasteiger charge is 2.09. The van der Waals surface area contributed by atoms with E-state index < -0.39 is 0 Å². The van der Waals surface area contributed by atoms with Gasteiger partial charge in [0.2, 0.25) is 0 Å². The predicted molar refractivity (Wildman–Crippen MR) is 70.3 cm³/mol. The number of rotatable bonds is 5. The summed E-state index contributed by atoms with van der Waals surface area (Å²) in [4.78, 5) is 4.35. The second-order valence-electron chi connectivity index (χ2n) is 4.27. The van der Waals surface area contributed by atoms with Crippen molar-refractivity contribution in [2.24, 2.45) is 0 Å². The molecule has 0 aliphatic heterocycles. The van der Waals surface area contributed by atoms with Crippen molar-refractivity contribution >= 4 is 0 Å². The Balaban J connectivity index is 2.45. The Bertz CT molecular complexity index is 520. The second kappa shape index (κ2) is 5.78. The van der Waals surface area contributed by atoms with Gasteiger partial charge >= 0.3 is 0 Å². The summed E-state index contributed by atoms with van der Waals surface area (Å²) in [5.74, 6) is 0.808. The molecule has 0 amide bonds. The average molecular weight is 247 g/mol. The van der Waals surface area contributed by atoms with Crippen molar-refractivity contribution in [1.82, 2.24) is 14.9 Å². The van der Waals surface area contributed by atoms with Crippen LogP contribution < -0.4 is 5.32 Å². The zero-order valence-electron chi connectivity index (χ0n) is 10.8. The Hall–Kier alpha value is -1.68. The van der Waals surface area contributed by atoms with E-state index in [4.69, 9.17) is 0 Å². The number of hydrogen-bond acceptors (Lipinski definition) is 2. The number of benzene rings is 1. The minimum atomic E-state index is -0.207. The molecule has 0 saturated heterocycles. The Morgan fingerprint density at radius 2 is 2.22 bits per heavy atom. The highest BCUT2D eigenvalue weighted by atomic mass is 19.1. The highest BCUT2D eigenvalue weighted by Crippen LogP contribution is 2.18. The van der Waals surface area contributed by atoms with E-state index in [1.807, 2.05) is 23.9 Å². The minimum Gasteiger partial charge on any atom is -0.316 e. The largest absolute Gasteiger partial charge is 0.316 e. The summed E-state index contributed by atoms with van der Waals surface area (Å²) in [7, 11) is 1.86. The van der Waals surface area contributed by atoms with Crippen molar-refractivity contribution in [2.75, 3.05) is 7.05 Å². The topological polar surface area (TPSA) is 29.9 Å². The molecule has 0 fully saturated rings. The van der Waals surface area contributed by atoms with Crippen LogP contribution in [0, 0.1) is 5.82 Å². The van der Waals surface area contributed by atoms with Crippen LogP contribution in [0.25, 0.3) is 5.69 Å². The van der Waals surface area contributed by atoms with Crippen LogP contribution in [-0.2, 0) is 13.0 Å². The van der Waals surface area contributed by atoms with Gasteiger partial charge in [-0.25, -0.2) is 9.37 Å². The van der Waals surface area contributed by atoms with Gasteiger partial charge < -0.3 is 9.88 Å². The van der Waals surface area contributed by atoms with Gasteiger partial charge in [0.05, 0.1) is 5.69 Å². The SMILES string of the molecule is CCCc1nccn1-c1ccc(F)cc1CNC. The fourth-order valence-corrected chi connectivity index (χ4v) is 2.08. The first-order chi connectivity index (χ1) is 8.76. The Morgan fingerprint density at radius 1 is 1.39 bits per heavy atom. The molecule has 1 aromatic carbocycles. The molecule has 3 nitrogen and oxygen atoms in total. The van der Waals surface area contributed by atoms with Gasteiger partial charge in [0.25, 0.3) is 0 Å². The van der Waals surface area contributed by atoms with Crippen molar-refractivity contribution in [3.63, 3.8) is 0 Å². The first-order valence-electron chi connectivity index (χ1n) is 6.22. The van der Waals surface area contributed by atoms with E-state index in [2.05, 4.69) is 17.2 Å². The van der Waals surface area contributed by atoms with E-state index in [-0.39, 0.29) is 5.82 Å². The number of halogens is 1. The lowest BCUT2D eigenvalue weighted by atomic mass is 10.1. The molecule has 2 rings (SSSR count). The van der Waals surface area contributed by atoms with Crippen LogP contribution in [-0.4, -0.2) is 16.6 Å². The molecular formula is C14H18FN3. The van der Waals surface area contributed by atoms with Gasteiger partial charge in [-0.05, 0) is 37.2 Å². The molecular weight excluding hydrogens is 229 g/mol. The van der Waals surface area contributed by atoms with Crippen molar-refractivity contribution < 1.29 is 4.39 Å². The third-order valence-corrected chi connectivity index (χ3v) is 2.86. The van der Waals surface area contributed by atoms with Crippen LogP contribution in [0.2, 0.25) is 0 Å². The Morgan fingerprint density at radius 3 is 2.94 bits per heavy atom. The number of aryl methyl sites for hydroxylation is 1. The summed E-state index contributed by atoms with van der Waals surface area (Å²) < 4.78 is 15.3. The molecule has 0 atom stereocenters. The molecule has 0 saturated carbocycles. The zero-order chi connectivity index (χ0) is 13.0. The van der Waals surface area contributed by atoms with Gasteiger partial charge in [-0.2, -0.15) is 0 Å². The molecule has 0 radical (unpaired) electrons. The monoisotopic (exact) mass is 247 g/mol. The van der Waals surface area contributed by atoms with Gasteiger partial charge in [0.15, 0.2) is 0 Å². The van der Waals surface area contributed by atoms with Gasteiger partial charge in [-0.15, -0.1) is 0 Å². The molecule has 0 bridgehead atoms. The Labute approximate surface area is 107 Å². The Kier molecular flexibility index (Phi) is 4.10. The maximum Gasteiger partial charge on any atom is 0.123 e. The molecule has 1 heterocycles. The van der Waals surface area contributed by atoms with Gasteiger partial charge in [-0.1, -0.05) is 6.92 Å². The number of nitrogens with one attached hydrogen (secondary N) is 1. The molecule has 0 spiro atoms. The summed E-state index contributed by atoms with van der Waals surface area (Å²) in [6.07, 6.45) is 5.68. The molecule has 0 aliphatic carbocycles. The third kappa shape index (κ3) is 2.59. The summed E-state index contributed by atoms with van der Waals surface area (Å²) in [5.41, 5.74) is 1.93. The van der Waals surface area contributed by atoms with E-state index in [0.29, 0.717) is 6.54 Å². The first-order valence-corrected chi connectivity index (χ1v) is 6.22. The summed E-state index contributed by atoms with van der Waals surface area (Å²) in [5, 5.41) is 3.06. The molecule has 96 valence electrons. The number of hydrogen-bond donors (Lipinski definition) is 1. The molecule has 1 aromatic heterocycles. The highest BCUT2D eigenvalue weighted by molar-refractivity contribution is 5.42. The normalized spacial score (nSPS) is 10.8. The molecule has 0 unspecified atom stereocenters. The quantitative estimate of drug-likeness (QED) is 0.880. The minimum absolute atomic E-state index is 0.207. The summed E-state index contributed by atoms with van der Waals surface area (Å²) >= 11 is 0. The van der Waals surface area contributed by atoms with Crippen molar-refractivity contribution in [3.8, 4) is 5.69 Å². The van der Waals surface area contributed by atoms with Crippen LogP contribution in [0.15, 0.2) is 30.6 Å². The zero-order valence-corrected chi connectivity index (χ0v) is 10.8. The van der Waals surface area contributed by atoms with Gasteiger partial charge in [0.1, 0.15) is 11.6 Å². The first kappa shape index (κ1) is 12.8. The van der Waals surface area contributed by atoms with Crippen molar-refractivity contribution in [2.45, 2.75) is 26.3 Å². The van der Waals surface area contributed by atoms with E-state index in [9.17, 15) is 4.39 Å². The van der Waals surface area contributed by atoms with E-state index >= 15 is 0 Å². The van der Waals surface area contributed by atoms with Crippen LogP contribution in [0.3, 0.4) is 0 Å². The van der Waals surface area contributed by atoms with Crippen LogP contribution in [0.5, 0.6) is 0 Å². The molecule has 2 aromatic rings. The third-order valence-electron chi connectivity index (χ3n) is 2.86. The average Bonchev–Trinajstić information content (AvgIpc) is 2.78. The van der Waals surface area contributed by atoms with Crippen LogP contribution >= 0.6 is 0 Å². The summed E-state index contributed by atoms with van der Waals surface area (Å²) in [6, 6.07) is 4.87. The predicted octanol–water partition coefficient (Wildman–Crippen LogP) is 2.68. The van der Waals surface area contributed by atoms with Crippen LogP contribution in [0.1, 0.15) is 24.7 Å². The van der Waals surface area contributed by atoms with Crippen LogP contribution in [0.4, 0.5) is 4.39 Å². The second-order valence-corrected chi connectivity index (χ2v) is 4.27. The maximum atomic E-state index is 13.3.